The lowest BCUT2D eigenvalue weighted by Gasteiger charge is -2.14. The Balaban J connectivity index is 1.73. The van der Waals surface area contributed by atoms with Crippen LogP contribution in [0.15, 0.2) is 42.0 Å². The summed E-state index contributed by atoms with van der Waals surface area (Å²) < 4.78 is 11.0. The van der Waals surface area contributed by atoms with Gasteiger partial charge in [-0.2, -0.15) is 0 Å². The third-order valence-corrected chi connectivity index (χ3v) is 5.67. The van der Waals surface area contributed by atoms with Crippen molar-refractivity contribution in [1.82, 2.24) is 15.0 Å². The van der Waals surface area contributed by atoms with Gasteiger partial charge in [0.05, 0.1) is 26.3 Å². The van der Waals surface area contributed by atoms with Gasteiger partial charge in [-0.3, -0.25) is 0 Å². The van der Waals surface area contributed by atoms with Crippen LogP contribution in [0.5, 0.6) is 11.5 Å². The molecule has 7 heteroatoms. The van der Waals surface area contributed by atoms with Crippen LogP contribution in [0.3, 0.4) is 0 Å². The Morgan fingerprint density at radius 1 is 1.00 bits per heavy atom. The number of fused-ring (bicyclic) bond motifs is 1. The lowest BCUT2D eigenvalue weighted by molar-refractivity contribution is 0.353. The number of thiazole rings is 1. The number of hydrogen-bond acceptors (Lipinski definition) is 7. The molecule has 2 aromatic heterocycles. The summed E-state index contributed by atoms with van der Waals surface area (Å²) in [5.74, 6) is 2.26. The zero-order valence-electron chi connectivity index (χ0n) is 16.8. The molecule has 2 heterocycles. The molecule has 4 aromatic rings. The van der Waals surface area contributed by atoms with Gasteiger partial charge in [0.15, 0.2) is 11.5 Å². The number of ether oxygens (including phenoxy) is 2. The maximum absolute atomic E-state index is 5.51. The molecule has 0 atom stereocenters. The summed E-state index contributed by atoms with van der Waals surface area (Å²) in [6, 6.07) is 10.3. The van der Waals surface area contributed by atoms with E-state index in [1.165, 1.54) is 0 Å². The van der Waals surface area contributed by atoms with E-state index in [1.807, 2.05) is 31.4 Å². The molecule has 1 N–H and O–H groups in total. The molecule has 29 heavy (non-hydrogen) atoms. The molecule has 0 bridgehead atoms. The van der Waals surface area contributed by atoms with Gasteiger partial charge in [0.2, 0.25) is 0 Å². The van der Waals surface area contributed by atoms with Crippen LogP contribution in [0.25, 0.3) is 22.0 Å². The Kier molecular flexibility index (Phi) is 5.31. The van der Waals surface area contributed by atoms with E-state index in [-0.39, 0.29) is 0 Å². The highest BCUT2D eigenvalue weighted by molar-refractivity contribution is 7.09. The lowest BCUT2D eigenvalue weighted by atomic mass is 10.0. The molecule has 0 saturated heterocycles. The topological polar surface area (TPSA) is 69.2 Å². The van der Waals surface area contributed by atoms with Gasteiger partial charge in [0.1, 0.15) is 17.2 Å². The third-order valence-electron chi connectivity index (χ3n) is 4.71. The van der Waals surface area contributed by atoms with E-state index in [9.17, 15) is 0 Å². The summed E-state index contributed by atoms with van der Waals surface area (Å²) in [7, 11) is 3.30. The van der Waals surface area contributed by atoms with E-state index in [1.54, 1.807) is 31.9 Å². The fraction of sp³-hybridized carbons (Fsp3) is 0.227. The van der Waals surface area contributed by atoms with Crippen molar-refractivity contribution < 1.29 is 9.47 Å². The number of benzene rings is 2. The smallest absolute Gasteiger partial charge is 0.163 e. The minimum absolute atomic E-state index is 0.629. The fourth-order valence-corrected chi connectivity index (χ4v) is 4.05. The third kappa shape index (κ3) is 3.86. The normalized spacial score (nSPS) is 10.9. The van der Waals surface area contributed by atoms with Gasteiger partial charge in [0, 0.05) is 16.5 Å². The Morgan fingerprint density at radius 2 is 1.86 bits per heavy atom. The standard InChI is InChI=1S/C22H22N4O2S/c1-13-7-16(9-19(27-3)21(13)28-4)15-5-6-18-17(8-15)22(25-12-24-18)23-10-20-26-14(2)11-29-20/h5-9,11-12H,10H2,1-4H3,(H,23,24,25). The van der Waals surface area contributed by atoms with Crippen molar-refractivity contribution in [1.29, 1.82) is 0 Å². The molecule has 0 aliphatic heterocycles. The van der Waals surface area contributed by atoms with Gasteiger partial charge in [-0.15, -0.1) is 11.3 Å². The minimum Gasteiger partial charge on any atom is -0.493 e. The fourth-order valence-electron chi connectivity index (χ4n) is 3.34. The molecular weight excluding hydrogens is 384 g/mol. The number of methoxy groups -OCH3 is 2. The van der Waals surface area contributed by atoms with E-state index in [0.29, 0.717) is 12.3 Å². The number of aromatic nitrogens is 3. The zero-order chi connectivity index (χ0) is 20.4. The largest absolute Gasteiger partial charge is 0.493 e. The monoisotopic (exact) mass is 406 g/mol. The molecule has 0 spiro atoms. The van der Waals surface area contributed by atoms with Crippen molar-refractivity contribution in [2.75, 3.05) is 19.5 Å². The summed E-state index contributed by atoms with van der Waals surface area (Å²) in [6.45, 7) is 4.64. The second-order valence-electron chi connectivity index (χ2n) is 6.72. The maximum Gasteiger partial charge on any atom is 0.163 e. The summed E-state index contributed by atoms with van der Waals surface area (Å²) in [5, 5.41) is 7.44. The Bertz CT molecular complexity index is 1170. The zero-order valence-corrected chi connectivity index (χ0v) is 17.6. The molecule has 6 nitrogen and oxygen atoms in total. The van der Waals surface area contributed by atoms with Crippen molar-refractivity contribution in [3.63, 3.8) is 0 Å². The van der Waals surface area contributed by atoms with Crippen molar-refractivity contribution in [3.8, 4) is 22.6 Å². The molecule has 0 saturated carbocycles. The molecule has 4 rings (SSSR count). The summed E-state index contributed by atoms with van der Waals surface area (Å²) in [5.41, 5.74) is 5.05. The van der Waals surface area contributed by atoms with Gasteiger partial charge >= 0.3 is 0 Å². The highest BCUT2D eigenvalue weighted by atomic mass is 32.1. The molecule has 0 fully saturated rings. The summed E-state index contributed by atoms with van der Waals surface area (Å²) >= 11 is 1.64. The van der Waals surface area contributed by atoms with Crippen LogP contribution in [-0.4, -0.2) is 29.2 Å². The Labute approximate surface area is 173 Å². The minimum atomic E-state index is 0.629. The van der Waals surface area contributed by atoms with Crippen LogP contribution in [-0.2, 0) is 6.54 Å². The number of nitrogens with zero attached hydrogens (tertiary/aromatic N) is 3. The van der Waals surface area contributed by atoms with Crippen molar-refractivity contribution >= 4 is 28.1 Å². The maximum atomic E-state index is 5.51. The van der Waals surface area contributed by atoms with Crippen LogP contribution >= 0.6 is 11.3 Å². The Morgan fingerprint density at radius 3 is 2.59 bits per heavy atom. The Hall–Kier alpha value is -3.19. The second kappa shape index (κ2) is 8.05. The van der Waals surface area contributed by atoms with Gasteiger partial charge in [-0.25, -0.2) is 15.0 Å². The number of aryl methyl sites for hydroxylation is 2. The second-order valence-corrected chi connectivity index (χ2v) is 7.66. The highest BCUT2D eigenvalue weighted by Gasteiger charge is 2.12. The molecule has 148 valence electrons. The first-order valence-electron chi connectivity index (χ1n) is 9.21. The van der Waals surface area contributed by atoms with E-state index in [0.717, 1.165) is 49.9 Å². The quantitative estimate of drug-likeness (QED) is 0.486. The average Bonchev–Trinajstić information content (AvgIpc) is 3.16. The molecule has 0 amide bonds. The number of rotatable bonds is 6. The number of anilines is 1. The van der Waals surface area contributed by atoms with E-state index >= 15 is 0 Å². The molecule has 0 unspecified atom stereocenters. The van der Waals surface area contributed by atoms with Gasteiger partial charge < -0.3 is 14.8 Å². The number of nitrogens with one attached hydrogen (secondary N) is 1. The van der Waals surface area contributed by atoms with Crippen molar-refractivity contribution in [2.45, 2.75) is 20.4 Å². The van der Waals surface area contributed by atoms with Crippen LogP contribution in [0.2, 0.25) is 0 Å². The van der Waals surface area contributed by atoms with E-state index < -0.39 is 0 Å². The van der Waals surface area contributed by atoms with Crippen molar-refractivity contribution in [3.05, 3.63) is 58.3 Å². The van der Waals surface area contributed by atoms with Crippen LogP contribution in [0, 0.1) is 13.8 Å². The SMILES string of the molecule is COc1cc(-c2ccc3ncnc(NCc4nc(C)cs4)c3c2)cc(C)c1OC. The average molecular weight is 407 g/mol. The van der Waals surface area contributed by atoms with Gasteiger partial charge in [-0.1, -0.05) is 6.07 Å². The molecule has 0 aliphatic carbocycles. The van der Waals surface area contributed by atoms with Crippen LogP contribution in [0.1, 0.15) is 16.3 Å². The molecular formula is C22H22N4O2S. The molecule has 0 aliphatic rings. The first-order chi connectivity index (χ1) is 14.1. The number of hydrogen-bond donors (Lipinski definition) is 1. The summed E-state index contributed by atoms with van der Waals surface area (Å²) in [4.78, 5) is 13.4. The summed E-state index contributed by atoms with van der Waals surface area (Å²) in [6.07, 6.45) is 1.58. The van der Waals surface area contributed by atoms with Gasteiger partial charge in [0.25, 0.3) is 0 Å². The van der Waals surface area contributed by atoms with E-state index in [4.69, 9.17) is 9.47 Å². The first-order valence-corrected chi connectivity index (χ1v) is 10.1. The van der Waals surface area contributed by atoms with Crippen molar-refractivity contribution in [2.24, 2.45) is 0 Å². The van der Waals surface area contributed by atoms with Gasteiger partial charge in [-0.05, 0) is 54.8 Å². The molecule has 2 aromatic carbocycles. The predicted molar refractivity (Wildman–Crippen MR) is 117 cm³/mol. The predicted octanol–water partition coefficient (Wildman–Crippen LogP) is 5.00. The molecule has 0 radical (unpaired) electrons. The van der Waals surface area contributed by atoms with Crippen LogP contribution in [0.4, 0.5) is 5.82 Å². The first kappa shape index (κ1) is 19.1. The highest BCUT2D eigenvalue weighted by Crippen LogP contribution is 2.37. The lowest BCUT2D eigenvalue weighted by Crippen LogP contribution is -2.02. The van der Waals surface area contributed by atoms with E-state index in [2.05, 4.69) is 38.5 Å². The van der Waals surface area contributed by atoms with Crippen LogP contribution < -0.4 is 14.8 Å².